The molecule has 1 aromatic carbocycles. The van der Waals surface area contributed by atoms with Crippen LogP contribution in [0.2, 0.25) is 5.02 Å². The monoisotopic (exact) mass is 387 g/mol. The second-order valence-electron chi connectivity index (χ2n) is 5.84. The van der Waals surface area contributed by atoms with Crippen LogP contribution in [0, 0.1) is 0 Å². The van der Waals surface area contributed by atoms with Gasteiger partial charge in [0, 0.05) is 19.5 Å². The van der Waals surface area contributed by atoms with Crippen LogP contribution in [-0.2, 0) is 19.6 Å². The highest BCUT2D eigenvalue weighted by atomic mass is 35.5. The maximum absolute atomic E-state index is 12.7. The zero-order valence-electron chi connectivity index (χ0n) is 14.3. The number of ketones is 1. The van der Waals surface area contributed by atoms with Gasteiger partial charge in [0.15, 0.2) is 11.9 Å². The molecule has 138 valence electrons. The van der Waals surface area contributed by atoms with Gasteiger partial charge in [-0.1, -0.05) is 25.4 Å². The van der Waals surface area contributed by atoms with Crippen LogP contribution in [0.5, 0.6) is 0 Å². The highest BCUT2D eigenvalue weighted by Crippen LogP contribution is 2.27. The number of hydrogen-bond donors (Lipinski definition) is 0. The fourth-order valence-corrected chi connectivity index (χ4v) is 4.76. The molecule has 1 saturated carbocycles. The van der Waals surface area contributed by atoms with Gasteiger partial charge in [0.2, 0.25) is 10.0 Å². The maximum atomic E-state index is 12.7. The van der Waals surface area contributed by atoms with E-state index in [9.17, 15) is 18.0 Å². The average molecular weight is 388 g/mol. The van der Waals surface area contributed by atoms with E-state index in [0.717, 1.165) is 12.8 Å². The van der Waals surface area contributed by atoms with Crippen molar-refractivity contribution in [3.05, 3.63) is 28.8 Å². The van der Waals surface area contributed by atoms with Crippen molar-refractivity contribution in [2.45, 2.75) is 50.5 Å². The number of nitrogens with zero attached hydrogens (tertiary/aromatic N) is 1. The Kier molecular flexibility index (Phi) is 6.59. The van der Waals surface area contributed by atoms with E-state index >= 15 is 0 Å². The maximum Gasteiger partial charge on any atom is 0.338 e. The second kappa shape index (κ2) is 8.29. The van der Waals surface area contributed by atoms with E-state index in [1.807, 2.05) is 0 Å². The Morgan fingerprint density at radius 2 is 1.96 bits per heavy atom. The largest absolute Gasteiger partial charge is 0.451 e. The average Bonchev–Trinajstić information content (AvgIpc) is 2.58. The lowest BCUT2D eigenvalue weighted by molar-refractivity contribution is -0.129. The SMILES string of the molecule is CCN(CC)S(=O)(=O)c1cc(C(=O)O[C@H]2CCCCC2=O)ccc1Cl. The smallest absolute Gasteiger partial charge is 0.338 e. The van der Waals surface area contributed by atoms with E-state index in [4.69, 9.17) is 16.3 Å². The summed E-state index contributed by atoms with van der Waals surface area (Å²) in [6, 6.07) is 3.97. The van der Waals surface area contributed by atoms with E-state index in [1.54, 1.807) is 13.8 Å². The Balaban J connectivity index is 2.29. The van der Waals surface area contributed by atoms with Crippen molar-refractivity contribution in [2.24, 2.45) is 0 Å². The molecule has 0 saturated heterocycles. The van der Waals surface area contributed by atoms with Crippen LogP contribution >= 0.6 is 11.6 Å². The molecule has 8 heteroatoms. The van der Waals surface area contributed by atoms with E-state index in [0.29, 0.717) is 25.9 Å². The Bertz CT molecular complexity index is 758. The summed E-state index contributed by atoms with van der Waals surface area (Å²) in [6.07, 6.45) is 1.79. The first-order chi connectivity index (χ1) is 11.8. The minimum Gasteiger partial charge on any atom is -0.451 e. The van der Waals surface area contributed by atoms with Crippen LogP contribution in [0.3, 0.4) is 0 Å². The van der Waals surface area contributed by atoms with Gasteiger partial charge in [0.1, 0.15) is 4.90 Å². The Morgan fingerprint density at radius 1 is 1.28 bits per heavy atom. The third kappa shape index (κ3) is 4.40. The summed E-state index contributed by atoms with van der Waals surface area (Å²) < 4.78 is 31.9. The first kappa shape index (κ1) is 19.9. The van der Waals surface area contributed by atoms with Crippen LogP contribution in [0.15, 0.2) is 23.1 Å². The van der Waals surface area contributed by atoms with Gasteiger partial charge in [-0.2, -0.15) is 4.31 Å². The number of halogens is 1. The van der Waals surface area contributed by atoms with E-state index in [2.05, 4.69) is 0 Å². The summed E-state index contributed by atoms with van der Waals surface area (Å²) in [4.78, 5) is 24.0. The van der Waals surface area contributed by atoms with Gasteiger partial charge >= 0.3 is 5.97 Å². The van der Waals surface area contributed by atoms with Gasteiger partial charge in [0.05, 0.1) is 10.6 Å². The molecule has 0 spiro atoms. The first-order valence-electron chi connectivity index (χ1n) is 8.34. The Hall–Kier alpha value is -1.44. The number of ether oxygens (including phenoxy) is 1. The molecule has 1 atom stereocenters. The predicted octanol–water partition coefficient (Wildman–Crippen LogP) is 3.04. The molecule has 25 heavy (non-hydrogen) atoms. The molecule has 0 N–H and O–H groups in total. The van der Waals surface area contributed by atoms with Crippen molar-refractivity contribution in [1.82, 2.24) is 4.31 Å². The number of Topliss-reactive ketones (excluding diaryl/α,β-unsaturated/α-hetero) is 1. The lowest BCUT2D eigenvalue weighted by Crippen LogP contribution is -2.31. The van der Waals surface area contributed by atoms with Crippen molar-refractivity contribution < 1.29 is 22.7 Å². The van der Waals surface area contributed by atoms with E-state index < -0.39 is 22.1 Å². The minimum atomic E-state index is -3.81. The number of sulfonamides is 1. The molecule has 0 unspecified atom stereocenters. The molecule has 0 aliphatic heterocycles. The fraction of sp³-hybridized carbons (Fsp3) is 0.529. The van der Waals surface area contributed by atoms with Crippen LogP contribution < -0.4 is 0 Å². The number of carbonyl (C=O) groups excluding carboxylic acids is 2. The molecular weight excluding hydrogens is 366 g/mol. The first-order valence-corrected chi connectivity index (χ1v) is 10.2. The lowest BCUT2D eigenvalue weighted by Gasteiger charge is -2.21. The Morgan fingerprint density at radius 3 is 2.56 bits per heavy atom. The number of benzene rings is 1. The summed E-state index contributed by atoms with van der Waals surface area (Å²) in [5, 5.41) is 0.0391. The fourth-order valence-electron chi connectivity index (χ4n) is 2.80. The molecule has 0 radical (unpaired) electrons. The summed E-state index contributed by atoms with van der Waals surface area (Å²) >= 11 is 6.05. The van der Waals surface area contributed by atoms with Gasteiger partial charge in [-0.05, 0) is 37.5 Å². The summed E-state index contributed by atoms with van der Waals surface area (Å²) in [5.74, 6) is -0.808. The van der Waals surface area contributed by atoms with Gasteiger partial charge in [0.25, 0.3) is 0 Å². The molecule has 6 nitrogen and oxygen atoms in total. The van der Waals surface area contributed by atoms with Crippen molar-refractivity contribution in [3.63, 3.8) is 0 Å². The van der Waals surface area contributed by atoms with Crippen LogP contribution in [-0.4, -0.2) is 43.7 Å². The quantitative estimate of drug-likeness (QED) is 0.701. The van der Waals surface area contributed by atoms with Crippen molar-refractivity contribution in [1.29, 1.82) is 0 Å². The topological polar surface area (TPSA) is 80.8 Å². The number of rotatable bonds is 6. The number of carbonyl (C=O) groups is 2. The van der Waals surface area contributed by atoms with Crippen LogP contribution in [0.4, 0.5) is 0 Å². The predicted molar refractivity (Wildman–Crippen MR) is 94.2 cm³/mol. The van der Waals surface area contributed by atoms with Gasteiger partial charge in [-0.15, -0.1) is 0 Å². The van der Waals surface area contributed by atoms with Crippen molar-refractivity contribution in [2.75, 3.05) is 13.1 Å². The molecule has 2 rings (SSSR count). The van der Waals surface area contributed by atoms with Crippen LogP contribution in [0.1, 0.15) is 49.9 Å². The third-order valence-corrected chi connectivity index (χ3v) is 6.77. The Labute approximate surface area is 153 Å². The van der Waals surface area contributed by atoms with Gasteiger partial charge in [-0.25, -0.2) is 13.2 Å². The molecule has 1 fully saturated rings. The zero-order valence-corrected chi connectivity index (χ0v) is 15.9. The molecule has 0 heterocycles. The number of hydrogen-bond acceptors (Lipinski definition) is 5. The second-order valence-corrected chi connectivity index (χ2v) is 8.15. The number of esters is 1. The van der Waals surface area contributed by atoms with Gasteiger partial charge < -0.3 is 4.74 Å². The molecule has 0 aromatic heterocycles. The molecule has 1 aromatic rings. The lowest BCUT2D eigenvalue weighted by atomic mass is 9.96. The van der Waals surface area contributed by atoms with Crippen molar-refractivity contribution in [3.8, 4) is 0 Å². The van der Waals surface area contributed by atoms with Crippen LogP contribution in [0.25, 0.3) is 0 Å². The summed E-state index contributed by atoms with van der Waals surface area (Å²) in [7, 11) is -3.81. The highest BCUT2D eigenvalue weighted by molar-refractivity contribution is 7.89. The zero-order chi connectivity index (χ0) is 18.6. The molecule has 0 bridgehead atoms. The standard InChI is InChI=1S/C17H22ClNO5S/c1-3-19(4-2)25(22,23)16-11-12(9-10-13(16)18)17(21)24-15-8-6-5-7-14(15)20/h9-11,15H,3-8H2,1-2H3/t15-/m0/s1. The minimum absolute atomic E-state index is 0.0391. The van der Waals surface area contributed by atoms with Crippen molar-refractivity contribution >= 4 is 33.4 Å². The normalized spacial score (nSPS) is 18.4. The highest BCUT2D eigenvalue weighted by Gasteiger charge is 2.29. The molecule has 1 aliphatic rings. The van der Waals surface area contributed by atoms with Gasteiger partial charge in [-0.3, -0.25) is 4.79 Å². The van der Waals surface area contributed by atoms with E-state index in [1.165, 1.54) is 22.5 Å². The summed E-state index contributed by atoms with van der Waals surface area (Å²) in [5.41, 5.74) is 0.0634. The summed E-state index contributed by atoms with van der Waals surface area (Å²) in [6.45, 7) is 4.03. The molecule has 1 aliphatic carbocycles. The third-order valence-electron chi connectivity index (χ3n) is 4.24. The molecule has 0 amide bonds. The molecular formula is C17H22ClNO5S. The van der Waals surface area contributed by atoms with E-state index in [-0.39, 0.29) is 21.3 Å².